The van der Waals surface area contributed by atoms with Crippen LogP contribution in [0.15, 0.2) is 70.5 Å². The van der Waals surface area contributed by atoms with Gasteiger partial charge in [-0.2, -0.15) is 10.3 Å². The molecule has 5 aromatic rings. The molecular formula is C21H10N2O. The molecule has 0 atom stereocenters. The number of hydrogen-bond acceptors (Lipinski definition) is 3. The van der Waals surface area contributed by atoms with Crippen LogP contribution in [-0.4, -0.2) is 0 Å². The Morgan fingerprint density at radius 2 is 1.25 bits per heavy atom. The highest BCUT2D eigenvalue weighted by atomic mass is 16.1. The molecule has 0 saturated carbocycles. The topological polar surface area (TPSA) is 53.2 Å². The summed E-state index contributed by atoms with van der Waals surface area (Å²) in [7, 11) is 0. The van der Waals surface area contributed by atoms with Crippen molar-refractivity contribution >= 4 is 43.1 Å². The molecule has 0 radical (unpaired) electrons. The average Bonchev–Trinajstić information content (AvgIpc) is 3.10. The maximum atomic E-state index is 13.0. The van der Waals surface area contributed by atoms with Gasteiger partial charge in [-0.3, -0.25) is 4.79 Å². The molecule has 3 heteroatoms. The van der Waals surface area contributed by atoms with Crippen LogP contribution in [0.3, 0.4) is 0 Å². The fourth-order valence-electron chi connectivity index (χ4n) is 3.81. The minimum Gasteiger partial charge on any atom is -0.289 e. The second-order valence-corrected chi connectivity index (χ2v) is 5.89. The lowest BCUT2D eigenvalue weighted by molar-refractivity contribution is 1.37. The summed E-state index contributed by atoms with van der Waals surface area (Å²) in [6.07, 6.45) is 1.89. The van der Waals surface area contributed by atoms with E-state index in [1.165, 1.54) is 0 Å². The molecule has 3 nitrogen and oxygen atoms in total. The lowest BCUT2D eigenvalue weighted by Gasteiger charge is -1.95. The van der Waals surface area contributed by atoms with Gasteiger partial charge in [0.2, 0.25) is 6.19 Å². The predicted octanol–water partition coefficient (Wildman–Crippen LogP) is 3.92. The zero-order valence-electron chi connectivity index (χ0n) is 12.6. The van der Waals surface area contributed by atoms with Gasteiger partial charge in [-0.25, -0.2) is 0 Å². The first-order valence-corrected chi connectivity index (χ1v) is 7.69. The Bertz CT molecular complexity index is 1430. The monoisotopic (exact) mass is 306 g/mol. The standard InChI is InChI=1S/C21H10N2O/c22-11-23-20-15-7-3-2-6-13(15)18-17(20)10-9-14-12-5-1-4-8-16(12)21(24)19(14)18/h1-10H. The van der Waals surface area contributed by atoms with Crippen molar-refractivity contribution < 1.29 is 0 Å². The molecule has 5 aromatic carbocycles. The molecule has 0 fully saturated rings. The number of nitrogens with zero attached hydrogens (tertiary/aromatic N) is 2. The van der Waals surface area contributed by atoms with Crippen molar-refractivity contribution in [2.75, 3.05) is 0 Å². The Hall–Kier alpha value is -3.51. The summed E-state index contributed by atoms with van der Waals surface area (Å²) in [6, 6.07) is 19.4. The van der Waals surface area contributed by atoms with Gasteiger partial charge in [0.15, 0.2) is 5.43 Å². The van der Waals surface area contributed by atoms with Crippen LogP contribution in [0.2, 0.25) is 0 Å². The van der Waals surface area contributed by atoms with E-state index < -0.39 is 0 Å². The highest BCUT2D eigenvalue weighted by molar-refractivity contribution is 6.28. The second kappa shape index (κ2) is 4.50. The zero-order valence-corrected chi connectivity index (χ0v) is 12.6. The average molecular weight is 306 g/mol. The number of hydrogen-bond donors (Lipinski definition) is 0. The Morgan fingerprint density at radius 3 is 2.00 bits per heavy atom. The minimum absolute atomic E-state index is 0.0467. The van der Waals surface area contributed by atoms with Gasteiger partial charge in [-0.1, -0.05) is 60.7 Å². The van der Waals surface area contributed by atoms with Crippen LogP contribution in [-0.2, 0) is 0 Å². The summed E-state index contributed by atoms with van der Waals surface area (Å²) in [5, 5.41) is 16.8. The number of rotatable bonds is 0. The molecule has 0 heterocycles. The highest BCUT2D eigenvalue weighted by Gasteiger charge is 2.17. The van der Waals surface area contributed by atoms with E-state index in [1.54, 1.807) is 0 Å². The first-order chi connectivity index (χ1) is 11.8. The fourth-order valence-corrected chi connectivity index (χ4v) is 3.81. The second-order valence-electron chi connectivity index (χ2n) is 5.89. The molecule has 0 aliphatic heterocycles. The molecule has 24 heavy (non-hydrogen) atoms. The van der Waals surface area contributed by atoms with E-state index in [4.69, 9.17) is 5.26 Å². The first-order valence-electron chi connectivity index (χ1n) is 7.69. The lowest BCUT2D eigenvalue weighted by atomic mass is 10.1. The summed E-state index contributed by atoms with van der Waals surface area (Å²) in [6.45, 7) is 0. The molecule has 0 amide bonds. The van der Waals surface area contributed by atoms with Gasteiger partial charge < -0.3 is 0 Å². The fraction of sp³-hybridized carbons (Fsp3) is 0. The Morgan fingerprint density at radius 1 is 0.667 bits per heavy atom. The summed E-state index contributed by atoms with van der Waals surface area (Å²) in [5.41, 5.74) is 0.0467. The minimum atomic E-state index is 0.0467. The van der Waals surface area contributed by atoms with Crippen molar-refractivity contribution in [1.29, 1.82) is 5.26 Å². The van der Waals surface area contributed by atoms with E-state index >= 15 is 0 Å². The Balaban J connectivity index is 2.23. The molecular weight excluding hydrogens is 296 g/mol. The Kier molecular flexibility index (Phi) is 2.43. The van der Waals surface area contributed by atoms with Crippen LogP contribution in [0.4, 0.5) is 0 Å². The van der Waals surface area contributed by atoms with Gasteiger partial charge in [-0.05, 0) is 16.2 Å². The zero-order chi connectivity index (χ0) is 16.3. The van der Waals surface area contributed by atoms with E-state index in [2.05, 4.69) is 4.99 Å². The molecule has 110 valence electrons. The molecule has 0 aliphatic carbocycles. The SMILES string of the molecule is N#CN=c1c2ccccc2c2c1ccc1c3ccccc3c(=O)c12. The third kappa shape index (κ3) is 1.45. The third-order valence-corrected chi connectivity index (χ3v) is 4.76. The van der Waals surface area contributed by atoms with Crippen molar-refractivity contribution in [1.82, 2.24) is 0 Å². The first kappa shape index (κ1) is 13.0. The van der Waals surface area contributed by atoms with Gasteiger partial charge in [0.05, 0.1) is 5.36 Å². The lowest BCUT2D eigenvalue weighted by Crippen LogP contribution is -1.98. The predicted molar refractivity (Wildman–Crippen MR) is 96.3 cm³/mol. The van der Waals surface area contributed by atoms with Crippen LogP contribution in [0, 0.1) is 11.5 Å². The van der Waals surface area contributed by atoms with Crippen LogP contribution in [0.25, 0.3) is 43.1 Å². The normalized spacial score (nSPS) is 12.5. The van der Waals surface area contributed by atoms with Crippen molar-refractivity contribution in [3.05, 3.63) is 76.2 Å². The van der Waals surface area contributed by atoms with E-state index in [-0.39, 0.29) is 5.43 Å². The number of benzene rings is 3. The van der Waals surface area contributed by atoms with E-state index in [0.29, 0.717) is 5.36 Å². The summed E-state index contributed by atoms with van der Waals surface area (Å²) in [4.78, 5) is 17.0. The molecule has 0 bridgehead atoms. The molecule has 0 spiro atoms. The van der Waals surface area contributed by atoms with Crippen LogP contribution >= 0.6 is 0 Å². The third-order valence-electron chi connectivity index (χ3n) is 4.76. The van der Waals surface area contributed by atoms with Crippen molar-refractivity contribution in [2.24, 2.45) is 4.99 Å². The van der Waals surface area contributed by atoms with Gasteiger partial charge in [0, 0.05) is 26.9 Å². The van der Waals surface area contributed by atoms with Crippen LogP contribution < -0.4 is 10.8 Å². The van der Waals surface area contributed by atoms with Gasteiger partial charge in [0.1, 0.15) is 0 Å². The smallest absolute Gasteiger partial charge is 0.206 e. The van der Waals surface area contributed by atoms with Crippen LogP contribution in [0.5, 0.6) is 0 Å². The van der Waals surface area contributed by atoms with Crippen LogP contribution in [0.1, 0.15) is 0 Å². The van der Waals surface area contributed by atoms with Crippen molar-refractivity contribution in [3.8, 4) is 6.19 Å². The highest BCUT2D eigenvalue weighted by Crippen LogP contribution is 2.33. The molecule has 5 rings (SSSR count). The van der Waals surface area contributed by atoms with Gasteiger partial charge in [-0.15, -0.1) is 0 Å². The molecule has 0 aromatic heterocycles. The molecule has 0 N–H and O–H groups in total. The van der Waals surface area contributed by atoms with Gasteiger partial charge in [0.25, 0.3) is 0 Å². The van der Waals surface area contributed by atoms with E-state index in [9.17, 15) is 4.79 Å². The van der Waals surface area contributed by atoms with Crippen molar-refractivity contribution in [2.45, 2.75) is 0 Å². The summed E-state index contributed by atoms with van der Waals surface area (Å²) in [5.74, 6) is 0. The Labute approximate surface area is 136 Å². The maximum Gasteiger partial charge on any atom is 0.206 e. The summed E-state index contributed by atoms with van der Waals surface area (Å²) < 4.78 is 0. The number of fused-ring (bicyclic) bond motifs is 7. The number of nitriles is 1. The molecule has 0 unspecified atom stereocenters. The van der Waals surface area contributed by atoms with E-state index in [1.807, 2.05) is 66.9 Å². The maximum absolute atomic E-state index is 13.0. The molecule has 0 aliphatic rings. The van der Waals surface area contributed by atoms with E-state index in [0.717, 1.165) is 43.1 Å². The largest absolute Gasteiger partial charge is 0.289 e. The van der Waals surface area contributed by atoms with Crippen molar-refractivity contribution in [3.63, 3.8) is 0 Å². The summed E-state index contributed by atoms with van der Waals surface area (Å²) >= 11 is 0. The van der Waals surface area contributed by atoms with Gasteiger partial charge >= 0.3 is 0 Å². The molecule has 0 saturated heterocycles. The quantitative estimate of drug-likeness (QED) is 0.407.